The summed E-state index contributed by atoms with van der Waals surface area (Å²) in [7, 11) is -1.92. The highest BCUT2D eigenvalue weighted by Crippen LogP contribution is 2.22. The van der Waals surface area contributed by atoms with Gasteiger partial charge < -0.3 is 15.0 Å². The van der Waals surface area contributed by atoms with Crippen LogP contribution in [0.3, 0.4) is 0 Å². The molecule has 2 N–H and O–H groups in total. The average Bonchev–Trinajstić information content (AvgIpc) is 2.97. The van der Waals surface area contributed by atoms with Crippen LogP contribution in [0.1, 0.15) is 12.8 Å². The quantitative estimate of drug-likeness (QED) is 0.620. The highest BCUT2D eigenvalue weighted by atomic mass is 35.5. The Morgan fingerprint density at radius 2 is 1.88 bits per heavy atom. The minimum absolute atomic E-state index is 0. The van der Waals surface area contributed by atoms with Crippen LogP contribution < -0.4 is 14.9 Å². The molecule has 24 heavy (non-hydrogen) atoms. The first-order chi connectivity index (χ1) is 11.0. The van der Waals surface area contributed by atoms with Crippen LogP contribution >= 0.6 is 12.4 Å². The lowest BCUT2D eigenvalue weighted by atomic mass is 10.3. The van der Waals surface area contributed by atoms with E-state index in [2.05, 4.69) is 10.0 Å². The number of rotatable bonds is 9. The summed E-state index contributed by atoms with van der Waals surface area (Å²) < 4.78 is 31.8. The Hall–Kier alpha value is -1.19. The van der Waals surface area contributed by atoms with Crippen molar-refractivity contribution in [3.05, 3.63) is 24.3 Å². The molecule has 0 atom stereocenters. The van der Waals surface area contributed by atoms with E-state index in [9.17, 15) is 13.2 Å². The maximum Gasteiger partial charge on any atom is 0.240 e. The Labute approximate surface area is 149 Å². The van der Waals surface area contributed by atoms with Gasteiger partial charge in [-0.3, -0.25) is 4.79 Å². The van der Waals surface area contributed by atoms with Crippen molar-refractivity contribution in [1.82, 2.24) is 10.0 Å². The number of halogens is 1. The maximum atomic E-state index is 12.2. The molecule has 0 bridgehead atoms. The zero-order valence-electron chi connectivity index (χ0n) is 13.7. The van der Waals surface area contributed by atoms with E-state index >= 15 is 0 Å². The molecular formula is C15H24ClN3O4S. The lowest BCUT2D eigenvalue weighted by Gasteiger charge is -2.16. The highest BCUT2D eigenvalue weighted by Gasteiger charge is 2.22. The van der Waals surface area contributed by atoms with Gasteiger partial charge in [-0.05, 0) is 30.7 Å². The first-order valence-corrected chi connectivity index (χ1v) is 9.12. The normalized spacial score (nSPS) is 14.7. The molecule has 1 saturated heterocycles. The van der Waals surface area contributed by atoms with Crippen molar-refractivity contribution in [3.63, 3.8) is 0 Å². The summed E-state index contributed by atoms with van der Waals surface area (Å²) in [5.41, 5.74) is 0.743. The molecule has 0 radical (unpaired) electrons. The number of anilines is 1. The number of benzene rings is 1. The number of nitrogens with zero attached hydrogens (tertiary/aromatic N) is 1. The van der Waals surface area contributed by atoms with E-state index in [0.717, 1.165) is 12.1 Å². The van der Waals surface area contributed by atoms with Crippen LogP contribution in [0.4, 0.5) is 5.69 Å². The Bertz CT molecular complexity index is 622. The van der Waals surface area contributed by atoms with E-state index in [1.165, 1.54) is 12.1 Å². The van der Waals surface area contributed by atoms with E-state index in [4.69, 9.17) is 4.74 Å². The third kappa shape index (κ3) is 5.71. The minimum Gasteiger partial charge on any atom is -0.383 e. The van der Waals surface area contributed by atoms with Crippen molar-refractivity contribution in [3.8, 4) is 0 Å². The number of ether oxygens (including phenoxy) is 1. The molecule has 7 nitrogen and oxygen atoms in total. The van der Waals surface area contributed by atoms with Gasteiger partial charge in [0.15, 0.2) is 0 Å². The van der Waals surface area contributed by atoms with Crippen LogP contribution in [0.15, 0.2) is 29.2 Å². The minimum atomic E-state index is -3.53. The molecule has 9 heteroatoms. The molecule has 0 aliphatic carbocycles. The number of nitrogens with one attached hydrogen (secondary N) is 2. The van der Waals surface area contributed by atoms with Crippen molar-refractivity contribution in [2.24, 2.45) is 0 Å². The van der Waals surface area contributed by atoms with E-state index in [0.29, 0.717) is 39.2 Å². The molecule has 2 rings (SSSR count). The zero-order valence-corrected chi connectivity index (χ0v) is 15.3. The third-order valence-corrected chi connectivity index (χ3v) is 5.09. The Morgan fingerprint density at radius 3 is 2.46 bits per heavy atom. The SMILES string of the molecule is COCCNCCNS(=O)(=O)c1ccc(N2CCCC2=O)cc1.Cl. The van der Waals surface area contributed by atoms with Crippen molar-refractivity contribution >= 4 is 34.0 Å². The monoisotopic (exact) mass is 377 g/mol. The zero-order chi connectivity index (χ0) is 16.7. The van der Waals surface area contributed by atoms with Gasteiger partial charge in [0.1, 0.15) is 0 Å². The summed E-state index contributed by atoms with van der Waals surface area (Å²) in [6, 6.07) is 6.41. The molecule has 0 saturated carbocycles. The maximum absolute atomic E-state index is 12.2. The summed E-state index contributed by atoms with van der Waals surface area (Å²) in [6.07, 6.45) is 1.40. The van der Waals surface area contributed by atoms with Gasteiger partial charge in [0.05, 0.1) is 11.5 Å². The van der Waals surface area contributed by atoms with Gasteiger partial charge in [-0.15, -0.1) is 12.4 Å². The van der Waals surface area contributed by atoms with E-state index in [1.54, 1.807) is 24.1 Å². The van der Waals surface area contributed by atoms with Gasteiger partial charge in [-0.1, -0.05) is 0 Å². The van der Waals surface area contributed by atoms with Gasteiger partial charge in [0, 0.05) is 45.4 Å². The molecular weight excluding hydrogens is 354 g/mol. The Morgan fingerprint density at radius 1 is 1.17 bits per heavy atom. The second-order valence-electron chi connectivity index (χ2n) is 5.28. The van der Waals surface area contributed by atoms with Crippen molar-refractivity contribution < 1.29 is 17.9 Å². The van der Waals surface area contributed by atoms with Gasteiger partial charge in [-0.2, -0.15) is 0 Å². The summed E-state index contributed by atoms with van der Waals surface area (Å²) in [5, 5.41) is 3.07. The fourth-order valence-corrected chi connectivity index (χ4v) is 3.41. The molecule has 0 spiro atoms. The largest absolute Gasteiger partial charge is 0.383 e. The van der Waals surface area contributed by atoms with Gasteiger partial charge in [0.2, 0.25) is 15.9 Å². The molecule has 1 aromatic carbocycles. The predicted octanol–water partition coefficient (Wildman–Crippen LogP) is 0.750. The molecule has 0 aromatic heterocycles. The van der Waals surface area contributed by atoms with Gasteiger partial charge in [0.25, 0.3) is 0 Å². The molecule has 136 valence electrons. The molecule has 1 aliphatic heterocycles. The fraction of sp³-hybridized carbons (Fsp3) is 0.533. The average molecular weight is 378 g/mol. The van der Waals surface area contributed by atoms with Crippen LogP contribution in [0.25, 0.3) is 0 Å². The molecule has 1 aromatic rings. The van der Waals surface area contributed by atoms with Crippen LogP contribution in [0.5, 0.6) is 0 Å². The molecule has 1 aliphatic rings. The third-order valence-electron chi connectivity index (χ3n) is 3.61. The fourth-order valence-electron chi connectivity index (χ4n) is 2.38. The Kier molecular flexibility index (Phi) is 8.65. The molecule has 1 fully saturated rings. The van der Waals surface area contributed by atoms with Crippen LogP contribution in [0.2, 0.25) is 0 Å². The summed E-state index contributed by atoms with van der Waals surface area (Å²) >= 11 is 0. The molecule has 1 heterocycles. The first-order valence-electron chi connectivity index (χ1n) is 7.64. The summed E-state index contributed by atoms with van der Waals surface area (Å²) in [5.74, 6) is 0.0841. The predicted molar refractivity (Wildman–Crippen MR) is 95.2 cm³/mol. The number of carbonyl (C=O) groups excluding carboxylic acids is 1. The van der Waals surface area contributed by atoms with Crippen LogP contribution in [-0.4, -0.2) is 54.2 Å². The second-order valence-corrected chi connectivity index (χ2v) is 7.05. The molecule has 0 unspecified atom stereocenters. The topological polar surface area (TPSA) is 87.7 Å². The number of carbonyl (C=O) groups is 1. The van der Waals surface area contributed by atoms with Crippen LogP contribution in [0, 0.1) is 0 Å². The second kappa shape index (κ2) is 9.95. The lowest BCUT2D eigenvalue weighted by molar-refractivity contribution is -0.117. The summed E-state index contributed by atoms with van der Waals surface area (Å²) in [4.78, 5) is 13.6. The number of amides is 1. The Balaban J connectivity index is 0.00000288. The lowest BCUT2D eigenvalue weighted by Crippen LogP contribution is -2.33. The first kappa shape index (κ1) is 20.9. The molecule has 1 amide bonds. The van der Waals surface area contributed by atoms with Gasteiger partial charge >= 0.3 is 0 Å². The van der Waals surface area contributed by atoms with Crippen LogP contribution in [-0.2, 0) is 19.6 Å². The number of methoxy groups -OCH3 is 1. The smallest absolute Gasteiger partial charge is 0.240 e. The van der Waals surface area contributed by atoms with Crippen molar-refractivity contribution in [2.75, 3.05) is 44.8 Å². The standard InChI is InChI=1S/C15H23N3O4S.ClH/c1-22-12-10-16-8-9-17-23(20,21)14-6-4-13(5-7-14)18-11-2-3-15(18)19;/h4-7,16-17H,2-3,8-12H2,1H3;1H. The summed E-state index contributed by atoms with van der Waals surface area (Å²) in [6.45, 7) is 2.79. The van der Waals surface area contributed by atoms with Gasteiger partial charge in [-0.25, -0.2) is 13.1 Å². The number of hydrogen-bond acceptors (Lipinski definition) is 5. The number of hydrogen-bond donors (Lipinski definition) is 2. The van der Waals surface area contributed by atoms with Crippen molar-refractivity contribution in [2.45, 2.75) is 17.7 Å². The number of sulfonamides is 1. The van der Waals surface area contributed by atoms with Crippen molar-refractivity contribution in [1.29, 1.82) is 0 Å². The van der Waals surface area contributed by atoms with E-state index < -0.39 is 10.0 Å². The van der Waals surface area contributed by atoms with E-state index in [1.807, 2.05) is 0 Å². The highest BCUT2D eigenvalue weighted by molar-refractivity contribution is 7.89. The van der Waals surface area contributed by atoms with E-state index in [-0.39, 0.29) is 23.2 Å².